The van der Waals surface area contributed by atoms with Gasteiger partial charge in [-0.1, -0.05) is 23.7 Å². The number of ether oxygens (including phenoxy) is 1. The summed E-state index contributed by atoms with van der Waals surface area (Å²) in [4.78, 5) is 3.30. The van der Waals surface area contributed by atoms with Crippen LogP contribution in [0.25, 0.3) is 22.2 Å². The molecule has 0 unspecified atom stereocenters. The molecule has 3 N–H and O–H groups in total. The van der Waals surface area contributed by atoms with Crippen molar-refractivity contribution in [2.75, 3.05) is 6.54 Å². The molecule has 0 bridgehead atoms. The van der Waals surface area contributed by atoms with Crippen LogP contribution >= 0.6 is 11.6 Å². The Morgan fingerprint density at radius 1 is 1.08 bits per heavy atom. The predicted octanol–water partition coefficient (Wildman–Crippen LogP) is 5.67. The van der Waals surface area contributed by atoms with Crippen LogP contribution in [0.1, 0.15) is 18.4 Å². The van der Waals surface area contributed by atoms with E-state index in [9.17, 15) is 13.2 Å². The zero-order valence-corrected chi connectivity index (χ0v) is 14.6. The second kappa shape index (κ2) is 7.60. The maximum Gasteiger partial charge on any atom is 0.573 e. The first-order valence-corrected chi connectivity index (χ1v) is 8.61. The first-order chi connectivity index (χ1) is 12.4. The number of hydrogen-bond donors (Lipinski definition) is 2. The van der Waals surface area contributed by atoms with Crippen LogP contribution in [-0.2, 0) is 6.42 Å². The van der Waals surface area contributed by atoms with Gasteiger partial charge in [-0.15, -0.1) is 13.2 Å². The van der Waals surface area contributed by atoms with E-state index in [1.807, 2.05) is 18.2 Å². The van der Waals surface area contributed by atoms with Crippen LogP contribution in [0.15, 0.2) is 42.5 Å². The number of aryl methyl sites for hydroxylation is 1. The summed E-state index contributed by atoms with van der Waals surface area (Å²) in [5.41, 5.74) is 8.99. The lowest BCUT2D eigenvalue weighted by Crippen LogP contribution is -2.16. The fourth-order valence-corrected chi connectivity index (χ4v) is 3.21. The Labute approximate surface area is 153 Å². The first-order valence-electron chi connectivity index (χ1n) is 8.24. The molecule has 7 heteroatoms. The van der Waals surface area contributed by atoms with Crippen molar-refractivity contribution in [1.82, 2.24) is 4.98 Å². The molecule has 0 aliphatic carbocycles. The number of H-pyrrole nitrogens is 1. The number of nitrogens with two attached hydrogens (primary N) is 1. The Morgan fingerprint density at radius 2 is 1.88 bits per heavy atom. The lowest BCUT2D eigenvalue weighted by molar-refractivity contribution is -0.274. The Balaban J connectivity index is 2.09. The molecular formula is C19H18ClF3N2O. The highest BCUT2D eigenvalue weighted by atomic mass is 35.5. The van der Waals surface area contributed by atoms with E-state index >= 15 is 0 Å². The second-order valence-corrected chi connectivity index (χ2v) is 6.43. The molecule has 3 aromatic rings. The van der Waals surface area contributed by atoms with E-state index in [0.29, 0.717) is 23.4 Å². The van der Waals surface area contributed by atoms with Gasteiger partial charge >= 0.3 is 6.36 Å². The van der Waals surface area contributed by atoms with Crippen molar-refractivity contribution in [3.05, 3.63) is 53.1 Å². The van der Waals surface area contributed by atoms with Crippen LogP contribution < -0.4 is 10.5 Å². The minimum atomic E-state index is -4.72. The number of aromatic nitrogens is 1. The van der Waals surface area contributed by atoms with Crippen molar-refractivity contribution < 1.29 is 17.9 Å². The molecule has 138 valence electrons. The van der Waals surface area contributed by atoms with Crippen LogP contribution in [0.4, 0.5) is 13.2 Å². The van der Waals surface area contributed by atoms with Gasteiger partial charge in [-0.25, -0.2) is 0 Å². The van der Waals surface area contributed by atoms with E-state index in [1.54, 1.807) is 12.1 Å². The molecule has 0 spiro atoms. The lowest BCUT2D eigenvalue weighted by atomic mass is 10.00. The van der Waals surface area contributed by atoms with Gasteiger partial charge in [-0.2, -0.15) is 0 Å². The molecule has 0 amide bonds. The van der Waals surface area contributed by atoms with Gasteiger partial charge in [-0.3, -0.25) is 0 Å². The van der Waals surface area contributed by atoms with Crippen LogP contribution in [0, 0.1) is 0 Å². The van der Waals surface area contributed by atoms with Crippen molar-refractivity contribution in [3.8, 4) is 17.0 Å². The highest BCUT2D eigenvalue weighted by Gasteiger charge is 2.31. The molecule has 0 atom stereocenters. The summed E-state index contributed by atoms with van der Waals surface area (Å²) in [6, 6.07) is 11.7. The molecule has 3 nitrogen and oxygen atoms in total. The molecule has 1 aromatic heterocycles. The zero-order chi connectivity index (χ0) is 18.7. The molecule has 26 heavy (non-hydrogen) atoms. The third-order valence-electron chi connectivity index (χ3n) is 4.11. The van der Waals surface area contributed by atoms with Crippen LogP contribution in [-0.4, -0.2) is 17.9 Å². The standard InChI is InChI=1S/C19H18ClF3N2O/c20-13-5-3-4-12(10-13)18-15(6-1-2-9-24)16-11-14(26-19(21,22)23)7-8-17(16)25-18/h3-5,7-8,10-11,25H,1-2,6,9,24H2. The highest BCUT2D eigenvalue weighted by molar-refractivity contribution is 6.30. The van der Waals surface area contributed by atoms with Gasteiger partial charge in [0.15, 0.2) is 0 Å². The number of unbranched alkanes of at least 4 members (excludes halogenated alkanes) is 1. The van der Waals surface area contributed by atoms with E-state index in [0.717, 1.165) is 35.2 Å². The van der Waals surface area contributed by atoms with Crippen LogP contribution in [0.5, 0.6) is 5.75 Å². The Hall–Kier alpha value is -2.18. The molecule has 0 radical (unpaired) electrons. The van der Waals surface area contributed by atoms with E-state index in [1.165, 1.54) is 12.1 Å². The van der Waals surface area contributed by atoms with Crippen molar-refractivity contribution in [3.63, 3.8) is 0 Å². The van der Waals surface area contributed by atoms with Crippen LogP contribution in [0.2, 0.25) is 5.02 Å². The average molecular weight is 383 g/mol. The van der Waals surface area contributed by atoms with Gasteiger partial charge in [0.25, 0.3) is 0 Å². The number of hydrogen-bond acceptors (Lipinski definition) is 2. The summed E-state index contributed by atoms with van der Waals surface area (Å²) < 4.78 is 41.7. The molecular weight excluding hydrogens is 365 g/mol. The van der Waals surface area contributed by atoms with Gasteiger partial charge in [0.05, 0.1) is 0 Å². The van der Waals surface area contributed by atoms with E-state index < -0.39 is 6.36 Å². The van der Waals surface area contributed by atoms with Crippen molar-refractivity contribution in [2.45, 2.75) is 25.6 Å². The third kappa shape index (κ3) is 4.31. The molecule has 0 saturated carbocycles. The normalized spacial score (nSPS) is 11.9. The topological polar surface area (TPSA) is 51.0 Å². The quantitative estimate of drug-likeness (QED) is 0.540. The molecule has 0 aliphatic rings. The lowest BCUT2D eigenvalue weighted by Gasteiger charge is -2.09. The van der Waals surface area contributed by atoms with Crippen molar-refractivity contribution >= 4 is 22.5 Å². The summed E-state index contributed by atoms with van der Waals surface area (Å²) in [5.74, 6) is -0.235. The molecule has 0 aliphatic heterocycles. The summed E-state index contributed by atoms with van der Waals surface area (Å²) in [7, 11) is 0. The Morgan fingerprint density at radius 3 is 2.58 bits per heavy atom. The first kappa shape index (κ1) is 18.6. The van der Waals surface area contributed by atoms with Gasteiger partial charge in [0.1, 0.15) is 5.75 Å². The molecule has 0 saturated heterocycles. The number of rotatable bonds is 6. The summed E-state index contributed by atoms with van der Waals surface area (Å²) in [6.07, 6.45) is -2.37. The number of nitrogens with one attached hydrogen (secondary N) is 1. The van der Waals surface area contributed by atoms with Crippen molar-refractivity contribution in [2.24, 2.45) is 5.73 Å². The van der Waals surface area contributed by atoms with Gasteiger partial charge in [0, 0.05) is 21.6 Å². The second-order valence-electron chi connectivity index (χ2n) is 5.99. The van der Waals surface area contributed by atoms with Gasteiger partial charge in [-0.05, 0) is 67.3 Å². The highest BCUT2D eigenvalue weighted by Crippen LogP contribution is 2.35. The maximum absolute atomic E-state index is 12.5. The number of benzene rings is 2. The average Bonchev–Trinajstić information content (AvgIpc) is 2.92. The van der Waals surface area contributed by atoms with E-state index in [4.69, 9.17) is 17.3 Å². The van der Waals surface area contributed by atoms with E-state index in [-0.39, 0.29) is 5.75 Å². The van der Waals surface area contributed by atoms with Crippen LogP contribution in [0.3, 0.4) is 0 Å². The number of aromatic amines is 1. The van der Waals surface area contributed by atoms with E-state index in [2.05, 4.69) is 9.72 Å². The molecule has 1 heterocycles. The fraction of sp³-hybridized carbons (Fsp3) is 0.263. The number of alkyl halides is 3. The Bertz CT molecular complexity index is 905. The van der Waals surface area contributed by atoms with Gasteiger partial charge < -0.3 is 15.5 Å². The zero-order valence-electron chi connectivity index (χ0n) is 13.9. The molecule has 2 aromatic carbocycles. The number of fused-ring (bicyclic) bond motifs is 1. The smallest absolute Gasteiger partial charge is 0.406 e. The minimum absolute atomic E-state index is 0.235. The Kier molecular flexibility index (Phi) is 5.44. The summed E-state index contributed by atoms with van der Waals surface area (Å²) in [5, 5.41) is 1.30. The molecule has 0 fully saturated rings. The van der Waals surface area contributed by atoms with Crippen molar-refractivity contribution in [1.29, 1.82) is 0 Å². The third-order valence-corrected chi connectivity index (χ3v) is 4.34. The maximum atomic E-state index is 12.5. The largest absolute Gasteiger partial charge is 0.573 e. The minimum Gasteiger partial charge on any atom is -0.406 e. The SMILES string of the molecule is NCCCCc1c(-c2cccc(Cl)c2)[nH]c2ccc(OC(F)(F)F)cc12. The summed E-state index contributed by atoms with van der Waals surface area (Å²) in [6.45, 7) is 0.567. The summed E-state index contributed by atoms with van der Waals surface area (Å²) >= 11 is 6.10. The van der Waals surface area contributed by atoms with Gasteiger partial charge in [0.2, 0.25) is 0 Å². The predicted molar refractivity (Wildman–Crippen MR) is 97.4 cm³/mol. The number of halogens is 4. The fourth-order valence-electron chi connectivity index (χ4n) is 3.02. The molecule has 3 rings (SSSR count). The monoisotopic (exact) mass is 382 g/mol.